The Bertz CT molecular complexity index is 719. The van der Waals surface area contributed by atoms with Crippen molar-refractivity contribution in [3.05, 3.63) is 53.5 Å². The van der Waals surface area contributed by atoms with E-state index in [0.29, 0.717) is 37.8 Å². The molecule has 0 aliphatic carbocycles. The van der Waals surface area contributed by atoms with Gasteiger partial charge >= 0.3 is 0 Å². The smallest absolute Gasteiger partial charge is 0.289 e. The minimum atomic E-state index is -1.19. The van der Waals surface area contributed by atoms with Crippen LogP contribution in [0.5, 0.6) is 0 Å². The highest BCUT2D eigenvalue weighted by atomic mass is 32.2. The van der Waals surface area contributed by atoms with Crippen LogP contribution in [0.15, 0.2) is 45.7 Å². The normalized spacial score (nSPS) is 16.3. The minimum absolute atomic E-state index is 0.138. The Kier molecular flexibility index (Phi) is 4.93. The third-order valence-electron chi connectivity index (χ3n) is 3.70. The van der Waals surface area contributed by atoms with E-state index >= 15 is 0 Å². The Hall–Kier alpha value is -1.92. The van der Waals surface area contributed by atoms with Crippen molar-refractivity contribution in [3.8, 4) is 0 Å². The molecule has 23 heavy (non-hydrogen) atoms. The maximum atomic E-state index is 12.4. The van der Waals surface area contributed by atoms with Crippen molar-refractivity contribution >= 4 is 16.7 Å². The van der Waals surface area contributed by atoms with Crippen molar-refractivity contribution in [2.24, 2.45) is 0 Å². The molecule has 0 N–H and O–H groups in total. The molecule has 3 rings (SSSR count). The van der Waals surface area contributed by atoms with E-state index in [9.17, 15) is 9.00 Å². The largest absolute Gasteiger partial charge is 0.455 e. The highest BCUT2D eigenvalue weighted by Gasteiger charge is 2.21. The number of carbonyl (C=O) groups excluding carboxylic acids is 1. The van der Waals surface area contributed by atoms with Crippen LogP contribution in [-0.4, -0.2) is 41.3 Å². The highest BCUT2D eigenvalue weighted by Crippen LogP contribution is 2.17. The molecule has 1 amide bonds. The molecule has 0 saturated carbocycles. The summed E-state index contributed by atoms with van der Waals surface area (Å²) in [5.74, 6) is 0.977. The fraction of sp³-hybridized carbons (Fsp3) is 0.353. The second-order valence-corrected chi connectivity index (χ2v) is 6.93. The lowest BCUT2D eigenvalue weighted by atomic mass is 10.2. The SMILES string of the molecule is Cc1cccc([S@@](=O)Cc2ccc(C(=O)N3CCOCC3)o2)c1. The molecule has 122 valence electrons. The zero-order chi connectivity index (χ0) is 16.2. The van der Waals surface area contributed by atoms with Crippen molar-refractivity contribution < 1.29 is 18.2 Å². The van der Waals surface area contributed by atoms with Gasteiger partial charge in [0.1, 0.15) is 5.76 Å². The summed E-state index contributed by atoms with van der Waals surface area (Å²) in [6, 6.07) is 11.0. The molecule has 1 atom stereocenters. The van der Waals surface area contributed by atoms with Crippen molar-refractivity contribution in [1.82, 2.24) is 4.90 Å². The summed E-state index contributed by atoms with van der Waals surface area (Å²) in [4.78, 5) is 14.8. The molecule has 0 radical (unpaired) electrons. The first-order valence-corrected chi connectivity index (χ1v) is 8.86. The molecule has 1 saturated heterocycles. The van der Waals surface area contributed by atoms with Gasteiger partial charge in [-0.25, -0.2) is 0 Å². The Morgan fingerprint density at radius 2 is 2.00 bits per heavy atom. The lowest BCUT2D eigenvalue weighted by Gasteiger charge is -2.25. The zero-order valence-corrected chi connectivity index (χ0v) is 13.8. The monoisotopic (exact) mass is 333 g/mol. The Morgan fingerprint density at radius 1 is 1.22 bits per heavy atom. The number of benzene rings is 1. The molecule has 2 heterocycles. The van der Waals surface area contributed by atoms with E-state index in [2.05, 4.69) is 0 Å². The van der Waals surface area contributed by atoms with Crippen LogP contribution in [0.1, 0.15) is 21.9 Å². The van der Waals surface area contributed by atoms with E-state index in [-0.39, 0.29) is 11.7 Å². The number of morpholine rings is 1. The number of ether oxygens (including phenoxy) is 1. The van der Waals surface area contributed by atoms with E-state index < -0.39 is 10.8 Å². The molecule has 2 aromatic rings. The van der Waals surface area contributed by atoms with Crippen LogP contribution in [0.2, 0.25) is 0 Å². The third-order valence-corrected chi connectivity index (χ3v) is 5.02. The van der Waals surface area contributed by atoms with Gasteiger partial charge in [-0.3, -0.25) is 9.00 Å². The average Bonchev–Trinajstić information content (AvgIpc) is 3.03. The van der Waals surface area contributed by atoms with Crippen molar-refractivity contribution in [2.75, 3.05) is 26.3 Å². The fourth-order valence-electron chi connectivity index (χ4n) is 2.46. The number of furan rings is 1. The number of amides is 1. The van der Waals surface area contributed by atoms with Crippen molar-refractivity contribution in [1.29, 1.82) is 0 Å². The van der Waals surface area contributed by atoms with Crippen LogP contribution >= 0.6 is 0 Å². The van der Waals surface area contributed by atoms with Crippen LogP contribution in [0.4, 0.5) is 0 Å². The van der Waals surface area contributed by atoms with Crippen LogP contribution in [-0.2, 0) is 21.3 Å². The molecule has 1 aliphatic heterocycles. The van der Waals surface area contributed by atoms with Gasteiger partial charge in [0.25, 0.3) is 5.91 Å². The number of rotatable bonds is 4. The van der Waals surface area contributed by atoms with Crippen LogP contribution < -0.4 is 0 Å². The third kappa shape index (κ3) is 3.89. The fourth-order valence-corrected chi connectivity index (χ4v) is 3.59. The molecule has 1 aliphatic rings. The maximum Gasteiger partial charge on any atom is 0.289 e. The van der Waals surface area contributed by atoms with Crippen molar-refractivity contribution in [2.45, 2.75) is 17.6 Å². The summed E-state index contributed by atoms with van der Waals surface area (Å²) in [6.45, 7) is 4.22. The number of carbonyl (C=O) groups is 1. The van der Waals surface area contributed by atoms with Gasteiger partial charge in [0.05, 0.1) is 29.8 Å². The number of aryl methyl sites for hydroxylation is 1. The number of hydrogen-bond acceptors (Lipinski definition) is 4. The lowest BCUT2D eigenvalue weighted by Crippen LogP contribution is -2.40. The van der Waals surface area contributed by atoms with Gasteiger partial charge in [-0.2, -0.15) is 0 Å². The first kappa shape index (κ1) is 16.0. The Labute approximate surface area is 137 Å². The summed E-state index contributed by atoms with van der Waals surface area (Å²) < 4.78 is 23.2. The zero-order valence-electron chi connectivity index (χ0n) is 13.0. The summed E-state index contributed by atoms with van der Waals surface area (Å²) in [6.07, 6.45) is 0. The first-order valence-electron chi connectivity index (χ1n) is 7.54. The Balaban J connectivity index is 1.67. The van der Waals surface area contributed by atoms with E-state index in [1.807, 2.05) is 31.2 Å². The second-order valence-electron chi connectivity index (χ2n) is 5.48. The quantitative estimate of drug-likeness (QED) is 0.862. The molecule has 1 fully saturated rings. The van der Waals surface area contributed by atoms with Gasteiger partial charge in [-0.05, 0) is 36.8 Å². The topological polar surface area (TPSA) is 59.8 Å². The summed E-state index contributed by atoms with van der Waals surface area (Å²) >= 11 is 0. The van der Waals surface area contributed by atoms with E-state index in [0.717, 1.165) is 10.5 Å². The molecule has 0 bridgehead atoms. The molecule has 0 spiro atoms. The van der Waals surface area contributed by atoms with Crippen LogP contribution in [0, 0.1) is 6.92 Å². The van der Waals surface area contributed by atoms with E-state index in [1.165, 1.54) is 0 Å². The minimum Gasteiger partial charge on any atom is -0.455 e. The van der Waals surface area contributed by atoms with Gasteiger partial charge < -0.3 is 14.1 Å². The van der Waals surface area contributed by atoms with E-state index in [4.69, 9.17) is 9.15 Å². The van der Waals surface area contributed by atoms with E-state index in [1.54, 1.807) is 17.0 Å². The first-order chi connectivity index (χ1) is 11.1. The van der Waals surface area contributed by atoms with Gasteiger partial charge in [0.2, 0.25) is 0 Å². The van der Waals surface area contributed by atoms with Gasteiger partial charge in [0.15, 0.2) is 5.76 Å². The molecule has 1 aromatic carbocycles. The molecule has 6 heteroatoms. The van der Waals surface area contributed by atoms with Gasteiger partial charge in [-0.1, -0.05) is 12.1 Å². The average molecular weight is 333 g/mol. The van der Waals surface area contributed by atoms with Crippen LogP contribution in [0.3, 0.4) is 0 Å². The number of hydrogen-bond donors (Lipinski definition) is 0. The Morgan fingerprint density at radius 3 is 2.74 bits per heavy atom. The predicted molar refractivity (Wildman–Crippen MR) is 86.7 cm³/mol. The molecule has 0 unspecified atom stereocenters. The number of nitrogens with zero attached hydrogens (tertiary/aromatic N) is 1. The molecule has 5 nitrogen and oxygen atoms in total. The van der Waals surface area contributed by atoms with Gasteiger partial charge in [0, 0.05) is 18.0 Å². The maximum absolute atomic E-state index is 12.4. The summed E-state index contributed by atoms with van der Waals surface area (Å²) in [7, 11) is -1.19. The predicted octanol–water partition coefficient (Wildman–Crippen LogP) is 2.37. The summed E-state index contributed by atoms with van der Waals surface area (Å²) in [5.41, 5.74) is 1.07. The molecule has 1 aromatic heterocycles. The molecular formula is C17H19NO4S. The lowest BCUT2D eigenvalue weighted by molar-refractivity contribution is 0.0282. The standard InChI is InChI=1S/C17H19NO4S/c1-13-3-2-4-15(11-13)23(20)12-14-5-6-16(22-14)17(19)18-7-9-21-10-8-18/h2-6,11H,7-10,12H2,1H3/t23-/m0/s1. The second kappa shape index (κ2) is 7.10. The van der Waals surface area contributed by atoms with Crippen molar-refractivity contribution in [3.63, 3.8) is 0 Å². The summed E-state index contributed by atoms with van der Waals surface area (Å²) in [5, 5.41) is 0. The highest BCUT2D eigenvalue weighted by molar-refractivity contribution is 7.84. The van der Waals surface area contributed by atoms with Crippen LogP contribution in [0.25, 0.3) is 0 Å². The van der Waals surface area contributed by atoms with Gasteiger partial charge in [-0.15, -0.1) is 0 Å². The molecular weight excluding hydrogens is 314 g/mol.